The quantitative estimate of drug-likeness (QED) is 0.867. The predicted octanol–water partition coefficient (Wildman–Crippen LogP) is 2.87. The number of hydrogen-bond donors (Lipinski definition) is 2. The standard InChI is InChI=1S/C16H23N3/c1-11(2)12-4-5-15-13(8-12)14(9-18-15)16-10-19(3)7-6-17-16/h4-5,8-9,11,16-18H,6-7,10H2,1-3H3. The van der Waals surface area contributed by atoms with Gasteiger partial charge in [-0.25, -0.2) is 0 Å². The van der Waals surface area contributed by atoms with Gasteiger partial charge in [0.1, 0.15) is 0 Å². The number of benzene rings is 1. The molecule has 1 aliphatic rings. The molecule has 0 amide bonds. The Kier molecular flexibility index (Phi) is 3.33. The summed E-state index contributed by atoms with van der Waals surface area (Å²) in [4.78, 5) is 5.80. The molecule has 3 rings (SSSR count). The first kappa shape index (κ1) is 12.7. The second-order valence-electron chi connectivity index (χ2n) is 5.97. The molecule has 3 nitrogen and oxygen atoms in total. The number of aromatic nitrogens is 1. The van der Waals surface area contributed by atoms with Crippen LogP contribution in [-0.2, 0) is 0 Å². The Morgan fingerprint density at radius 2 is 2.16 bits per heavy atom. The molecule has 0 spiro atoms. The first-order chi connectivity index (χ1) is 9.15. The van der Waals surface area contributed by atoms with Crippen LogP contribution in [0.15, 0.2) is 24.4 Å². The molecule has 1 atom stereocenters. The predicted molar refractivity (Wildman–Crippen MR) is 80.6 cm³/mol. The van der Waals surface area contributed by atoms with Crippen molar-refractivity contribution in [1.29, 1.82) is 0 Å². The molecule has 1 fully saturated rings. The monoisotopic (exact) mass is 257 g/mol. The lowest BCUT2D eigenvalue weighted by Crippen LogP contribution is -2.43. The van der Waals surface area contributed by atoms with Gasteiger partial charge < -0.3 is 15.2 Å². The van der Waals surface area contributed by atoms with Crippen LogP contribution in [0, 0.1) is 0 Å². The number of nitrogens with one attached hydrogen (secondary N) is 2. The summed E-state index contributed by atoms with van der Waals surface area (Å²) in [6.45, 7) is 7.78. The lowest BCUT2D eigenvalue weighted by molar-refractivity contribution is 0.241. The summed E-state index contributed by atoms with van der Waals surface area (Å²) >= 11 is 0. The lowest BCUT2D eigenvalue weighted by Gasteiger charge is -2.30. The van der Waals surface area contributed by atoms with Gasteiger partial charge >= 0.3 is 0 Å². The van der Waals surface area contributed by atoms with Crippen LogP contribution < -0.4 is 5.32 Å². The van der Waals surface area contributed by atoms with Crippen molar-refractivity contribution >= 4 is 10.9 Å². The van der Waals surface area contributed by atoms with Crippen LogP contribution >= 0.6 is 0 Å². The van der Waals surface area contributed by atoms with E-state index in [4.69, 9.17) is 0 Å². The Morgan fingerprint density at radius 3 is 2.89 bits per heavy atom. The molecule has 1 aliphatic heterocycles. The zero-order valence-electron chi connectivity index (χ0n) is 12.0. The zero-order valence-corrected chi connectivity index (χ0v) is 12.0. The normalized spacial score (nSPS) is 21.4. The van der Waals surface area contributed by atoms with E-state index >= 15 is 0 Å². The van der Waals surface area contributed by atoms with Crippen LogP contribution in [0.3, 0.4) is 0 Å². The molecule has 1 unspecified atom stereocenters. The summed E-state index contributed by atoms with van der Waals surface area (Å²) in [5.74, 6) is 0.578. The van der Waals surface area contributed by atoms with Crippen molar-refractivity contribution in [2.24, 2.45) is 0 Å². The minimum atomic E-state index is 0.440. The lowest BCUT2D eigenvalue weighted by atomic mass is 9.98. The molecular formula is C16H23N3. The maximum Gasteiger partial charge on any atom is 0.0470 e. The van der Waals surface area contributed by atoms with Crippen molar-refractivity contribution in [3.63, 3.8) is 0 Å². The summed E-state index contributed by atoms with van der Waals surface area (Å²) < 4.78 is 0. The molecule has 2 aromatic rings. The maximum absolute atomic E-state index is 3.63. The topological polar surface area (TPSA) is 31.1 Å². The minimum absolute atomic E-state index is 0.440. The molecule has 19 heavy (non-hydrogen) atoms. The van der Waals surface area contributed by atoms with E-state index in [9.17, 15) is 0 Å². The molecule has 1 saturated heterocycles. The number of piperazine rings is 1. The Labute approximate surface area is 115 Å². The highest BCUT2D eigenvalue weighted by atomic mass is 15.2. The maximum atomic E-state index is 3.63. The van der Waals surface area contributed by atoms with Crippen LogP contribution in [0.1, 0.15) is 36.9 Å². The van der Waals surface area contributed by atoms with Gasteiger partial charge in [-0.1, -0.05) is 19.9 Å². The largest absolute Gasteiger partial charge is 0.361 e. The van der Waals surface area contributed by atoms with E-state index < -0.39 is 0 Å². The smallest absolute Gasteiger partial charge is 0.0470 e. The van der Waals surface area contributed by atoms with Gasteiger partial charge in [0, 0.05) is 42.8 Å². The minimum Gasteiger partial charge on any atom is -0.361 e. The van der Waals surface area contributed by atoms with E-state index in [0.29, 0.717) is 12.0 Å². The molecule has 3 heteroatoms. The molecular weight excluding hydrogens is 234 g/mol. The van der Waals surface area contributed by atoms with Crippen molar-refractivity contribution < 1.29 is 0 Å². The Morgan fingerprint density at radius 1 is 1.32 bits per heavy atom. The van der Waals surface area contributed by atoms with E-state index in [0.717, 1.165) is 19.6 Å². The van der Waals surface area contributed by atoms with Crippen molar-refractivity contribution in [2.75, 3.05) is 26.7 Å². The molecule has 0 aliphatic carbocycles. The van der Waals surface area contributed by atoms with Crippen LogP contribution in [0.25, 0.3) is 10.9 Å². The van der Waals surface area contributed by atoms with Crippen LogP contribution in [-0.4, -0.2) is 36.6 Å². The van der Waals surface area contributed by atoms with Gasteiger partial charge in [0.05, 0.1) is 0 Å². The third kappa shape index (κ3) is 2.40. The fourth-order valence-corrected chi connectivity index (χ4v) is 2.91. The molecule has 0 bridgehead atoms. The Balaban J connectivity index is 2.00. The number of aromatic amines is 1. The Hall–Kier alpha value is -1.32. The number of H-pyrrole nitrogens is 1. The molecule has 1 aromatic heterocycles. The number of rotatable bonds is 2. The van der Waals surface area contributed by atoms with Crippen LogP contribution in [0.2, 0.25) is 0 Å². The third-order valence-electron chi connectivity index (χ3n) is 4.16. The average Bonchev–Trinajstić information content (AvgIpc) is 2.81. The van der Waals surface area contributed by atoms with Gasteiger partial charge in [-0.15, -0.1) is 0 Å². The van der Waals surface area contributed by atoms with E-state index in [2.05, 4.69) is 60.5 Å². The van der Waals surface area contributed by atoms with Crippen LogP contribution in [0.5, 0.6) is 0 Å². The molecule has 102 valence electrons. The van der Waals surface area contributed by atoms with E-state index in [1.165, 1.54) is 22.0 Å². The first-order valence-electron chi connectivity index (χ1n) is 7.18. The van der Waals surface area contributed by atoms with Gasteiger partial charge in [0.25, 0.3) is 0 Å². The second kappa shape index (κ2) is 4.99. The fourth-order valence-electron chi connectivity index (χ4n) is 2.91. The summed E-state index contributed by atoms with van der Waals surface area (Å²) in [6.07, 6.45) is 2.17. The number of hydrogen-bond acceptors (Lipinski definition) is 2. The first-order valence-corrected chi connectivity index (χ1v) is 7.18. The third-order valence-corrected chi connectivity index (χ3v) is 4.16. The van der Waals surface area contributed by atoms with E-state index in [1.54, 1.807) is 0 Å². The van der Waals surface area contributed by atoms with Gasteiger partial charge in [-0.3, -0.25) is 0 Å². The Bertz CT molecular complexity index is 570. The van der Waals surface area contributed by atoms with Gasteiger partial charge in [-0.2, -0.15) is 0 Å². The van der Waals surface area contributed by atoms with Gasteiger partial charge in [-0.05, 0) is 36.2 Å². The molecule has 0 saturated carbocycles. The SMILES string of the molecule is CC(C)c1ccc2[nH]cc(C3CN(C)CCN3)c2c1. The second-order valence-corrected chi connectivity index (χ2v) is 5.97. The molecule has 2 N–H and O–H groups in total. The summed E-state index contributed by atoms with van der Waals surface area (Å²) in [5.41, 5.74) is 4.07. The molecule has 0 radical (unpaired) electrons. The molecule has 1 aromatic carbocycles. The van der Waals surface area contributed by atoms with Crippen molar-refractivity contribution in [3.8, 4) is 0 Å². The summed E-state index contributed by atoms with van der Waals surface area (Å²) in [6, 6.07) is 7.23. The summed E-state index contributed by atoms with van der Waals surface area (Å²) in [7, 11) is 2.20. The van der Waals surface area contributed by atoms with E-state index in [-0.39, 0.29) is 0 Å². The van der Waals surface area contributed by atoms with Crippen molar-refractivity contribution in [2.45, 2.75) is 25.8 Å². The number of nitrogens with zero attached hydrogens (tertiary/aromatic N) is 1. The van der Waals surface area contributed by atoms with Crippen LogP contribution in [0.4, 0.5) is 0 Å². The van der Waals surface area contributed by atoms with Crippen molar-refractivity contribution in [1.82, 2.24) is 15.2 Å². The summed E-state index contributed by atoms with van der Waals surface area (Å²) in [5, 5.41) is 5.01. The van der Waals surface area contributed by atoms with Gasteiger partial charge in [0.15, 0.2) is 0 Å². The number of likely N-dealkylation sites (N-methyl/N-ethyl adjacent to an activating group) is 1. The van der Waals surface area contributed by atoms with Gasteiger partial charge in [0.2, 0.25) is 0 Å². The molecule has 2 heterocycles. The highest BCUT2D eigenvalue weighted by Crippen LogP contribution is 2.28. The van der Waals surface area contributed by atoms with E-state index in [1.807, 2.05) is 0 Å². The van der Waals surface area contributed by atoms with Crippen molar-refractivity contribution in [3.05, 3.63) is 35.5 Å². The average molecular weight is 257 g/mol. The highest BCUT2D eigenvalue weighted by molar-refractivity contribution is 5.84. The zero-order chi connectivity index (χ0) is 13.4. The number of fused-ring (bicyclic) bond motifs is 1. The highest BCUT2D eigenvalue weighted by Gasteiger charge is 2.21. The fraction of sp³-hybridized carbons (Fsp3) is 0.500.